The summed E-state index contributed by atoms with van der Waals surface area (Å²) >= 11 is 0. The molecule has 0 fully saturated rings. The third kappa shape index (κ3) is 7.97. The first-order valence-electron chi connectivity index (χ1n) is 6.49. The zero-order valence-corrected chi connectivity index (χ0v) is 12.8. The van der Waals surface area contributed by atoms with Gasteiger partial charge in [0.2, 0.25) is 0 Å². The topological polar surface area (TPSA) is 49.4 Å². The number of rotatable bonds is 8. The van der Waals surface area contributed by atoms with Gasteiger partial charge in [-0.3, -0.25) is 0 Å². The van der Waals surface area contributed by atoms with Gasteiger partial charge in [-0.2, -0.15) is 0 Å². The van der Waals surface area contributed by atoms with Crippen LogP contribution in [-0.2, 0) is 16.4 Å². The number of benzene rings is 1. The fraction of sp³-hybridized carbons (Fsp3) is 0.571. The summed E-state index contributed by atoms with van der Waals surface area (Å²) in [6.45, 7) is 5.22. The molecule has 108 valence electrons. The second-order valence-corrected chi connectivity index (χ2v) is 7.36. The lowest BCUT2D eigenvalue weighted by atomic mass is 10.1. The van der Waals surface area contributed by atoms with Crippen LogP contribution in [-0.4, -0.2) is 52.0 Å². The van der Waals surface area contributed by atoms with Gasteiger partial charge in [-0.15, -0.1) is 0 Å². The maximum absolute atomic E-state index is 10.9. The molecule has 1 N–H and O–H groups in total. The van der Waals surface area contributed by atoms with E-state index < -0.39 is 9.84 Å². The van der Waals surface area contributed by atoms with Gasteiger partial charge in [-0.1, -0.05) is 29.8 Å². The van der Waals surface area contributed by atoms with Crippen molar-refractivity contribution >= 4 is 9.84 Å². The van der Waals surface area contributed by atoms with Crippen LogP contribution in [0.25, 0.3) is 0 Å². The van der Waals surface area contributed by atoms with Crippen LogP contribution in [0, 0.1) is 6.92 Å². The molecule has 5 heteroatoms. The van der Waals surface area contributed by atoms with Gasteiger partial charge in [0.05, 0.1) is 5.75 Å². The molecule has 0 spiro atoms. The van der Waals surface area contributed by atoms with Crippen molar-refractivity contribution in [1.29, 1.82) is 0 Å². The average Bonchev–Trinajstić information content (AvgIpc) is 2.30. The highest BCUT2D eigenvalue weighted by Crippen LogP contribution is 2.05. The molecule has 0 saturated carbocycles. The number of hydrogen-bond acceptors (Lipinski definition) is 4. The minimum absolute atomic E-state index is 0.203. The van der Waals surface area contributed by atoms with Crippen LogP contribution in [0.1, 0.15) is 11.1 Å². The van der Waals surface area contributed by atoms with Gasteiger partial charge in [0.1, 0.15) is 9.84 Å². The maximum atomic E-state index is 10.9. The van der Waals surface area contributed by atoms with Crippen molar-refractivity contribution in [1.82, 2.24) is 10.2 Å². The molecule has 0 atom stereocenters. The minimum atomic E-state index is -2.85. The van der Waals surface area contributed by atoms with Crippen molar-refractivity contribution in [3.05, 3.63) is 35.4 Å². The maximum Gasteiger partial charge on any atom is 0.148 e. The fourth-order valence-corrected chi connectivity index (χ4v) is 2.25. The van der Waals surface area contributed by atoms with E-state index in [2.05, 4.69) is 48.5 Å². The molecule has 0 bridgehead atoms. The number of sulfone groups is 1. The number of nitrogens with one attached hydrogen (secondary N) is 1. The molecule has 0 heterocycles. The van der Waals surface area contributed by atoms with Gasteiger partial charge in [0.25, 0.3) is 0 Å². The van der Waals surface area contributed by atoms with Crippen molar-refractivity contribution in [3.63, 3.8) is 0 Å². The summed E-state index contributed by atoms with van der Waals surface area (Å²) in [4.78, 5) is 2.22. The average molecular weight is 284 g/mol. The normalized spacial score (nSPS) is 12.0. The molecule has 0 aliphatic carbocycles. The van der Waals surface area contributed by atoms with E-state index in [1.165, 1.54) is 17.4 Å². The van der Waals surface area contributed by atoms with Crippen LogP contribution in [0.5, 0.6) is 0 Å². The number of aryl methyl sites for hydroxylation is 1. The highest BCUT2D eigenvalue weighted by atomic mass is 32.2. The Morgan fingerprint density at radius 3 is 2.37 bits per heavy atom. The molecule has 4 nitrogen and oxygen atoms in total. The summed E-state index contributed by atoms with van der Waals surface area (Å²) in [7, 11) is -0.786. The zero-order valence-electron chi connectivity index (χ0n) is 12.0. The summed E-state index contributed by atoms with van der Waals surface area (Å²) in [5, 5.41) is 3.15. The summed E-state index contributed by atoms with van der Waals surface area (Å²) < 4.78 is 21.9. The van der Waals surface area contributed by atoms with E-state index in [1.54, 1.807) is 0 Å². The summed E-state index contributed by atoms with van der Waals surface area (Å²) in [6.07, 6.45) is 1.26. The summed E-state index contributed by atoms with van der Waals surface area (Å²) in [6, 6.07) is 8.52. The van der Waals surface area contributed by atoms with Crippen molar-refractivity contribution in [2.24, 2.45) is 0 Å². The Morgan fingerprint density at radius 1 is 1.16 bits per heavy atom. The van der Waals surface area contributed by atoms with Crippen molar-refractivity contribution in [3.8, 4) is 0 Å². The van der Waals surface area contributed by atoms with E-state index >= 15 is 0 Å². The molecule has 1 rings (SSSR count). The molecule has 0 aliphatic heterocycles. The predicted octanol–water partition coefficient (Wildman–Crippen LogP) is 1.06. The van der Waals surface area contributed by atoms with Crippen LogP contribution >= 0.6 is 0 Å². The minimum Gasteiger partial charge on any atom is -0.314 e. The molecule has 0 amide bonds. The van der Waals surface area contributed by atoms with E-state index in [9.17, 15) is 8.42 Å². The number of likely N-dealkylation sites (N-methyl/N-ethyl adjacent to an activating group) is 1. The van der Waals surface area contributed by atoms with E-state index in [4.69, 9.17) is 0 Å². The van der Waals surface area contributed by atoms with Gasteiger partial charge in [-0.25, -0.2) is 8.42 Å². The number of hydrogen-bond donors (Lipinski definition) is 1. The van der Waals surface area contributed by atoms with E-state index in [0.29, 0.717) is 6.54 Å². The third-order valence-corrected chi connectivity index (χ3v) is 3.84. The van der Waals surface area contributed by atoms with Crippen LogP contribution in [0.15, 0.2) is 24.3 Å². The van der Waals surface area contributed by atoms with E-state index in [1.807, 2.05) is 0 Å². The van der Waals surface area contributed by atoms with Crippen LogP contribution in [0.4, 0.5) is 0 Å². The molecular weight excluding hydrogens is 260 g/mol. The van der Waals surface area contributed by atoms with Gasteiger partial charge in [0.15, 0.2) is 0 Å². The lowest BCUT2D eigenvalue weighted by molar-refractivity contribution is 0.325. The molecule has 1 aromatic rings. The Morgan fingerprint density at radius 2 is 1.79 bits per heavy atom. The smallest absolute Gasteiger partial charge is 0.148 e. The van der Waals surface area contributed by atoms with Gasteiger partial charge < -0.3 is 10.2 Å². The summed E-state index contributed by atoms with van der Waals surface area (Å²) in [5.74, 6) is 0.203. The molecule has 1 aromatic carbocycles. The first-order chi connectivity index (χ1) is 8.87. The Labute approximate surface area is 116 Å². The van der Waals surface area contributed by atoms with E-state index in [0.717, 1.165) is 19.6 Å². The zero-order chi connectivity index (χ0) is 14.3. The second-order valence-electron chi connectivity index (χ2n) is 5.10. The number of nitrogens with zero attached hydrogens (tertiary/aromatic N) is 1. The molecule has 0 aromatic heterocycles. The largest absolute Gasteiger partial charge is 0.314 e. The fourth-order valence-electron chi connectivity index (χ4n) is 1.74. The molecule has 0 unspecified atom stereocenters. The third-order valence-electron chi connectivity index (χ3n) is 2.89. The van der Waals surface area contributed by atoms with Crippen LogP contribution in [0.3, 0.4) is 0 Å². The molecule has 0 saturated heterocycles. The first-order valence-corrected chi connectivity index (χ1v) is 8.55. The Bertz CT molecular complexity index is 469. The molecular formula is C14H24N2O2S. The molecule has 19 heavy (non-hydrogen) atoms. The van der Waals surface area contributed by atoms with Gasteiger partial charge in [-0.05, 0) is 19.5 Å². The highest BCUT2D eigenvalue weighted by molar-refractivity contribution is 7.90. The predicted molar refractivity (Wildman–Crippen MR) is 80.1 cm³/mol. The highest BCUT2D eigenvalue weighted by Gasteiger charge is 2.02. The standard InChI is InChI=1S/C14H24N2O2S/c1-13-4-6-14(7-5-13)12-16(2)10-8-15-9-11-19(3,17)18/h4-7,15H,8-12H2,1-3H3. The van der Waals surface area contributed by atoms with E-state index in [-0.39, 0.29) is 5.75 Å². The lowest BCUT2D eigenvalue weighted by Gasteiger charge is -2.17. The molecule has 0 radical (unpaired) electrons. The second kappa shape index (κ2) is 7.62. The monoisotopic (exact) mass is 284 g/mol. The molecule has 0 aliphatic rings. The Balaban J connectivity index is 2.18. The van der Waals surface area contributed by atoms with Crippen molar-refractivity contribution in [2.75, 3.05) is 38.7 Å². The Hall–Kier alpha value is -0.910. The SMILES string of the molecule is Cc1ccc(CN(C)CCNCCS(C)(=O)=O)cc1. The van der Waals surface area contributed by atoms with Crippen molar-refractivity contribution < 1.29 is 8.42 Å². The lowest BCUT2D eigenvalue weighted by Crippen LogP contribution is -2.31. The quantitative estimate of drug-likeness (QED) is 0.725. The van der Waals surface area contributed by atoms with Crippen molar-refractivity contribution in [2.45, 2.75) is 13.5 Å². The Kier molecular flexibility index (Phi) is 6.48. The van der Waals surface area contributed by atoms with Gasteiger partial charge >= 0.3 is 0 Å². The van der Waals surface area contributed by atoms with Crippen LogP contribution in [0.2, 0.25) is 0 Å². The van der Waals surface area contributed by atoms with Gasteiger partial charge in [0, 0.05) is 32.4 Å². The first kappa shape index (κ1) is 16.1. The van der Waals surface area contributed by atoms with Crippen LogP contribution < -0.4 is 5.32 Å². The summed E-state index contributed by atoms with van der Waals surface area (Å²) in [5.41, 5.74) is 2.57.